The predicted octanol–water partition coefficient (Wildman–Crippen LogP) is 2.39. The van der Waals surface area contributed by atoms with E-state index in [4.69, 9.17) is 9.15 Å². The van der Waals surface area contributed by atoms with Gasteiger partial charge >= 0.3 is 5.97 Å². The fourth-order valence-electron chi connectivity index (χ4n) is 2.52. The minimum atomic E-state index is -0.401. The van der Waals surface area contributed by atoms with E-state index in [1.54, 1.807) is 0 Å². The number of hydrogen-bond donors (Lipinski definition) is 0. The molecule has 0 N–H and O–H groups in total. The molecule has 0 saturated heterocycles. The molecule has 0 aliphatic rings. The van der Waals surface area contributed by atoms with Gasteiger partial charge in [0.2, 0.25) is 5.76 Å². The average Bonchev–Trinajstić information content (AvgIpc) is 2.75. The largest absolute Gasteiger partial charge is 0.454 e. The number of ether oxygens (including phenoxy) is 1. The van der Waals surface area contributed by atoms with Crippen LogP contribution >= 0.6 is 0 Å². The van der Waals surface area contributed by atoms with Gasteiger partial charge in [-0.25, -0.2) is 4.79 Å². The van der Waals surface area contributed by atoms with E-state index in [0.717, 1.165) is 10.9 Å². The van der Waals surface area contributed by atoms with E-state index < -0.39 is 5.97 Å². The zero-order chi connectivity index (χ0) is 16.3. The summed E-state index contributed by atoms with van der Waals surface area (Å²) in [5, 5.41) is 0.950. The van der Waals surface area contributed by atoms with Crippen molar-refractivity contribution in [3.8, 4) is 0 Å². The molecule has 0 fully saturated rings. The minimum absolute atomic E-state index is 0.204. The summed E-state index contributed by atoms with van der Waals surface area (Å²) < 4.78 is 11.3. The second-order valence-electron chi connectivity index (χ2n) is 6.10. The van der Waals surface area contributed by atoms with Crippen LogP contribution in [0.3, 0.4) is 0 Å². The molecule has 0 unspecified atom stereocenters. The van der Waals surface area contributed by atoms with Gasteiger partial charge in [-0.2, -0.15) is 0 Å². The molecule has 0 amide bonds. The summed E-state index contributed by atoms with van der Waals surface area (Å²) in [4.78, 5) is 16.5. The second kappa shape index (κ2) is 6.94. The van der Waals surface area contributed by atoms with Crippen molar-refractivity contribution in [3.05, 3.63) is 35.6 Å². The van der Waals surface area contributed by atoms with E-state index in [2.05, 4.69) is 0 Å². The van der Waals surface area contributed by atoms with Crippen LogP contribution in [0.4, 0.5) is 0 Å². The lowest BCUT2D eigenvalue weighted by Crippen LogP contribution is -2.38. The Balaban J connectivity index is 2.19. The van der Waals surface area contributed by atoms with Crippen molar-refractivity contribution in [3.63, 3.8) is 0 Å². The smallest absolute Gasteiger partial charge is 0.374 e. The van der Waals surface area contributed by atoms with Gasteiger partial charge in [-0.05, 0) is 41.2 Å². The quantitative estimate of drug-likeness (QED) is 0.767. The van der Waals surface area contributed by atoms with Crippen molar-refractivity contribution >= 4 is 16.9 Å². The van der Waals surface area contributed by atoms with Gasteiger partial charge in [-0.1, -0.05) is 18.2 Å². The van der Waals surface area contributed by atoms with E-state index in [0.29, 0.717) is 24.4 Å². The van der Waals surface area contributed by atoms with Crippen LogP contribution < -0.4 is 0 Å². The molecule has 0 saturated carbocycles. The standard InChI is InChI=1S/C17H24N2O3/c1-12-14-8-6-7-9-15(14)22-16(12)17(20)21-13(10-18(2)3)11-19(4)5/h6-9,13H,10-11H2,1-5H3. The van der Waals surface area contributed by atoms with Gasteiger partial charge in [0.25, 0.3) is 0 Å². The first-order chi connectivity index (χ1) is 10.4. The van der Waals surface area contributed by atoms with E-state index in [1.807, 2.05) is 69.2 Å². The zero-order valence-electron chi connectivity index (χ0n) is 13.9. The zero-order valence-corrected chi connectivity index (χ0v) is 13.9. The van der Waals surface area contributed by atoms with Gasteiger partial charge in [0.1, 0.15) is 11.7 Å². The average molecular weight is 304 g/mol. The summed E-state index contributed by atoms with van der Waals surface area (Å²) >= 11 is 0. The molecule has 1 aromatic heterocycles. The number of likely N-dealkylation sites (N-methyl/N-ethyl adjacent to an activating group) is 2. The third-order valence-corrected chi connectivity index (χ3v) is 3.44. The molecule has 0 aliphatic heterocycles. The van der Waals surface area contributed by atoms with Crippen molar-refractivity contribution in [2.45, 2.75) is 13.0 Å². The number of furan rings is 1. The van der Waals surface area contributed by atoms with Crippen LogP contribution in [0.15, 0.2) is 28.7 Å². The Hall–Kier alpha value is -1.85. The van der Waals surface area contributed by atoms with Crippen LogP contribution in [-0.4, -0.2) is 63.2 Å². The highest BCUT2D eigenvalue weighted by Crippen LogP contribution is 2.25. The Kier molecular flexibility index (Phi) is 5.21. The van der Waals surface area contributed by atoms with Crippen molar-refractivity contribution in [1.82, 2.24) is 9.80 Å². The molecule has 1 heterocycles. The molecule has 0 bridgehead atoms. The number of esters is 1. The Labute approximate surface area is 131 Å². The van der Waals surface area contributed by atoms with Crippen LogP contribution in [-0.2, 0) is 4.74 Å². The number of carbonyl (C=O) groups is 1. The van der Waals surface area contributed by atoms with E-state index in [9.17, 15) is 4.79 Å². The molecule has 2 rings (SSSR count). The lowest BCUT2D eigenvalue weighted by molar-refractivity contribution is 0.0145. The Bertz CT molecular complexity index is 636. The van der Waals surface area contributed by atoms with Crippen molar-refractivity contribution in [1.29, 1.82) is 0 Å². The highest BCUT2D eigenvalue weighted by molar-refractivity contribution is 5.95. The van der Waals surface area contributed by atoms with Crippen molar-refractivity contribution in [2.75, 3.05) is 41.3 Å². The van der Waals surface area contributed by atoms with Gasteiger partial charge in [-0.15, -0.1) is 0 Å². The summed E-state index contributed by atoms with van der Waals surface area (Å²) in [6, 6.07) is 7.63. The topological polar surface area (TPSA) is 45.9 Å². The first-order valence-corrected chi connectivity index (χ1v) is 7.37. The maximum Gasteiger partial charge on any atom is 0.374 e. The number of hydrogen-bond acceptors (Lipinski definition) is 5. The molecule has 0 aliphatic carbocycles. The number of aryl methyl sites for hydroxylation is 1. The Morgan fingerprint density at radius 3 is 2.27 bits per heavy atom. The third kappa shape index (κ3) is 3.87. The molecule has 1 aromatic carbocycles. The van der Waals surface area contributed by atoms with Crippen LogP contribution in [0, 0.1) is 6.92 Å². The third-order valence-electron chi connectivity index (χ3n) is 3.44. The predicted molar refractivity (Wildman–Crippen MR) is 87.3 cm³/mol. The van der Waals surface area contributed by atoms with E-state index in [1.165, 1.54) is 0 Å². The first kappa shape index (κ1) is 16.5. The van der Waals surface area contributed by atoms with Gasteiger partial charge < -0.3 is 19.0 Å². The number of benzene rings is 1. The molecule has 2 aromatic rings. The fourth-order valence-corrected chi connectivity index (χ4v) is 2.52. The van der Waals surface area contributed by atoms with E-state index in [-0.39, 0.29) is 6.10 Å². The molecule has 22 heavy (non-hydrogen) atoms. The lowest BCUT2D eigenvalue weighted by Gasteiger charge is -2.24. The number of fused-ring (bicyclic) bond motifs is 1. The molecule has 0 atom stereocenters. The Morgan fingerprint density at radius 2 is 1.73 bits per heavy atom. The maximum absolute atomic E-state index is 12.5. The summed E-state index contributed by atoms with van der Waals surface area (Å²) in [5.41, 5.74) is 1.54. The highest BCUT2D eigenvalue weighted by Gasteiger charge is 2.23. The van der Waals surface area contributed by atoms with Crippen LogP contribution in [0.25, 0.3) is 11.0 Å². The molecular formula is C17H24N2O3. The normalized spacial score (nSPS) is 11.8. The van der Waals surface area contributed by atoms with Crippen LogP contribution in [0.1, 0.15) is 16.1 Å². The van der Waals surface area contributed by atoms with E-state index >= 15 is 0 Å². The summed E-state index contributed by atoms with van der Waals surface area (Å²) in [6.45, 7) is 3.22. The number of rotatable bonds is 6. The van der Waals surface area contributed by atoms with Gasteiger partial charge in [-0.3, -0.25) is 0 Å². The van der Waals surface area contributed by atoms with Crippen LogP contribution in [0.2, 0.25) is 0 Å². The molecule has 5 heteroatoms. The Morgan fingerprint density at radius 1 is 1.14 bits per heavy atom. The lowest BCUT2D eigenvalue weighted by atomic mass is 10.1. The molecule has 5 nitrogen and oxygen atoms in total. The monoisotopic (exact) mass is 304 g/mol. The second-order valence-corrected chi connectivity index (χ2v) is 6.10. The minimum Gasteiger partial charge on any atom is -0.454 e. The SMILES string of the molecule is Cc1c(C(=O)OC(CN(C)C)CN(C)C)oc2ccccc12. The van der Waals surface area contributed by atoms with Gasteiger partial charge in [0.15, 0.2) is 0 Å². The molecule has 120 valence electrons. The maximum atomic E-state index is 12.5. The molecular weight excluding hydrogens is 280 g/mol. The fraction of sp³-hybridized carbons (Fsp3) is 0.471. The van der Waals surface area contributed by atoms with Crippen molar-refractivity contribution < 1.29 is 13.9 Å². The molecule has 0 radical (unpaired) electrons. The molecule has 0 spiro atoms. The number of para-hydroxylation sites is 1. The van der Waals surface area contributed by atoms with Gasteiger partial charge in [0, 0.05) is 24.0 Å². The summed E-state index contributed by atoms with van der Waals surface area (Å²) in [6.07, 6.45) is -0.204. The number of carbonyl (C=O) groups excluding carboxylic acids is 1. The first-order valence-electron chi connectivity index (χ1n) is 7.37. The highest BCUT2D eigenvalue weighted by atomic mass is 16.6. The summed E-state index contributed by atoms with van der Waals surface area (Å²) in [7, 11) is 7.84. The van der Waals surface area contributed by atoms with Crippen molar-refractivity contribution in [2.24, 2.45) is 0 Å². The van der Waals surface area contributed by atoms with Crippen LogP contribution in [0.5, 0.6) is 0 Å². The number of nitrogens with zero attached hydrogens (tertiary/aromatic N) is 2. The summed E-state index contributed by atoms with van der Waals surface area (Å²) in [5.74, 6) is -0.105. The van der Waals surface area contributed by atoms with Gasteiger partial charge in [0.05, 0.1) is 0 Å².